The summed E-state index contributed by atoms with van der Waals surface area (Å²) in [6.45, 7) is 15.4. The summed E-state index contributed by atoms with van der Waals surface area (Å²) < 4.78 is 0. The van der Waals surface area contributed by atoms with Gasteiger partial charge in [-0.15, -0.1) is 12.1 Å². The quantitative estimate of drug-likeness (QED) is 0.272. The fourth-order valence-corrected chi connectivity index (χ4v) is 2.62. The van der Waals surface area contributed by atoms with Crippen molar-refractivity contribution in [3.8, 4) is 23.3 Å². The van der Waals surface area contributed by atoms with Gasteiger partial charge in [0.1, 0.15) is 8.07 Å². The Labute approximate surface area is 126 Å². The molecule has 1 rings (SSSR count). The maximum atomic E-state index is 3.73. The summed E-state index contributed by atoms with van der Waals surface area (Å²) in [4.78, 5) is 0. The van der Waals surface area contributed by atoms with Gasteiger partial charge in [-0.25, -0.2) is 0 Å². The standard InChI is InChI=1S/C19H28Si/c1-7-8-9-10-12-17-13-11-14-18(17)15-16-20(5,6)19(2,3)4/h7H,1,8-9,11,13-14H2,2-6H3. The smallest absolute Gasteiger partial charge is 0.126 e. The minimum Gasteiger partial charge on any atom is -0.126 e. The van der Waals surface area contributed by atoms with E-state index < -0.39 is 8.07 Å². The fourth-order valence-electron chi connectivity index (χ4n) is 1.78. The van der Waals surface area contributed by atoms with Gasteiger partial charge >= 0.3 is 0 Å². The first-order chi connectivity index (χ1) is 9.28. The average molecular weight is 285 g/mol. The number of allylic oxidation sites excluding steroid dienone is 3. The van der Waals surface area contributed by atoms with Crippen LogP contribution in [0, 0.1) is 23.3 Å². The van der Waals surface area contributed by atoms with E-state index in [-0.39, 0.29) is 0 Å². The highest BCUT2D eigenvalue weighted by molar-refractivity contribution is 6.87. The van der Waals surface area contributed by atoms with Gasteiger partial charge in [0.05, 0.1) is 0 Å². The van der Waals surface area contributed by atoms with Gasteiger partial charge < -0.3 is 0 Å². The highest BCUT2D eigenvalue weighted by Crippen LogP contribution is 2.35. The monoisotopic (exact) mass is 284 g/mol. The van der Waals surface area contributed by atoms with E-state index in [1.165, 1.54) is 17.6 Å². The molecule has 1 aliphatic carbocycles. The lowest BCUT2D eigenvalue weighted by molar-refractivity contribution is 0.731. The summed E-state index contributed by atoms with van der Waals surface area (Å²) in [5.74, 6) is 10.1. The normalized spacial score (nSPS) is 15.2. The molecule has 0 aliphatic heterocycles. The molecule has 1 aliphatic rings. The molecule has 0 saturated heterocycles. The highest BCUT2D eigenvalue weighted by atomic mass is 28.3. The molecule has 108 valence electrons. The Kier molecular flexibility index (Phi) is 5.91. The van der Waals surface area contributed by atoms with E-state index in [2.05, 4.69) is 63.7 Å². The molecule has 0 aromatic carbocycles. The Morgan fingerprint density at radius 2 is 1.75 bits per heavy atom. The van der Waals surface area contributed by atoms with Crippen LogP contribution in [0.1, 0.15) is 52.9 Å². The molecule has 0 radical (unpaired) electrons. The van der Waals surface area contributed by atoms with Crippen LogP contribution >= 0.6 is 0 Å². The zero-order chi connectivity index (χ0) is 15.2. The Morgan fingerprint density at radius 1 is 1.15 bits per heavy atom. The van der Waals surface area contributed by atoms with Crippen LogP contribution in [0.3, 0.4) is 0 Å². The molecule has 0 atom stereocenters. The topological polar surface area (TPSA) is 0 Å². The van der Waals surface area contributed by atoms with Crippen molar-refractivity contribution in [3.05, 3.63) is 23.8 Å². The van der Waals surface area contributed by atoms with E-state index in [9.17, 15) is 0 Å². The summed E-state index contributed by atoms with van der Waals surface area (Å²) in [7, 11) is -1.50. The van der Waals surface area contributed by atoms with Crippen molar-refractivity contribution in [2.75, 3.05) is 0 Å². The highest BCUT2D eigenvalue weighted by Gasteiger charge is 2.33. The predicted molar refractivity (Wildman–Crippen MR) is 93.1 cm³/mol. The summed E-state index contributed by atoms with van der Waals surface area (Å²) in [6.07, 6.45) is 7.26. The van der Waals surface area contributed by atoms with E-state index in [0.29, 0.717) is 5.04 Å². The summed E-state index contributed by atoms with van der Waals surface area (Å²) in [5, 5.41) is 0.328. The Bertz CT molecular complexity index is 504. The van der Waals surface area contributed by atoms with E-state index in [1.807, 2.05) is 6.08 Å². The molecule has 0 saturated carbocycles. The van der Waals surface area contributed by atoms with Crippen LogP contribution in [0.25, 0.3) is 0 Å². The van der Waals surface area contributed by atoms with Crippen molar-refractivity contribution in [1.82, 2.24) is 0 Å². The van der Waals surface area contributed by atoms with E-state index in [1.54, 1.807) is 0 Å². The van der Waals surface area contributed by atoms with Crippen LogP contribution in [0.2, 0.25) is 18.1 Å². The predicted octanol–water partition coefficient (Wildman–Crippen LogP) is 5.49. The minimum absolute atomic E-state index is 0.328. The zero-order valence-electron chi connectivity index (χ0n) is 13.8. The second kappa shape index (κ2) is 7.01. The van der Waals surface area contributed by atoms with Crippen LogP contribution in [-0.2, 0) is 0 Å². The summed E-state index contributed by atoms with van der Waals surface area (Å²) in [5.41, 5.74) is 6.22. The van der Waals surface area contributed by atoms with Gasteiger partial charge in [-0.3, -0.25) is 0 Å². The summed E-state index contributed by atoms with van der Waals surface area (Å²) in [6, 6.07) is 0. The molecule has 0 nitrogen and oxygen atoms in total. The maximum Gasteiger partial charge on any atom is 0.138 e. The largest absolute Gasteiger partial charge is 0.138 e. The molecule has 0 aromatic heterocycles. The van der Waals surface area contributed by atoms with Crippen LogP contribution in [0.15, 0.2) is 23.8 Å². The van der Waals surface area contributed by atoms with Crippen molar-refractivity contribution in [3.63, 3.8) is 0 Å². The van der Waals surface area contributed by atoms with Crippen molar-refractivity contribution >= 4 is 8.07 Å². The number of rotatable bonds is 2. The maximum absolute atomic E-state index is 3.73. The third kappa shape index (κ3) is 4.73. The second-order valence-corrected chi connectivity index (χ2v) is 12.1. The van der Waals surface area contributed by atoms with Gasteiger partial charge in [-0.1, -0.05) is 57.7 Å². The van der Waals surface area contributed by atoms with Gasteiger partial charge in [0.15, 0.2) is 0 Å². The zero-order valence-corrected chi connectivity index (χ0v) is 14.8. The lowest BCUT2D eigenvalue weighted by atomic mass is 10.1. The molecule has 0 aromatic rings. The Hall–Kier alpha value is -1.18. The van der Waals surface area contributed by atoms with Gasteiger partial charge in [0.2, 0.25) is 0 Å². The molecular weight excluding hydrogens is 256 g/mol. The van der Waals surface area contributed by atoms with Crippen molar-refractivity contribution in [2.24, 2.45) is 0 Å². The number of hydrogen-bond acceptors (Lipinski definition) is 0. The SMILES string of the molecule is C=CCCC#CC1=C(C#C[Si](C)(C)C(C)(C)C)CCC1. The van der Waals surface area contributed by atoms with E-state index in [0.717, 1.165) is 25.7 Å². The fraction of sp³-hybridized carbons (Fsp3) is 0.579. The van der Waals surface area contributed by atoms with Gasteiger partial charge in [0.25, 0.3) is 0 Å². The minimum atomic E-state index is -1.50. The molecule has 0 amide bonds. The van der Waals surface area contributed by atoms with Crippen molar-refractivity contribution in [1.29, 1.82) is 0 Å². The molecule has 20 heavy (non-hydrogen) atoms. The third-order valence-electron chi connectivity index (χ3n) is 4.33. The lowest BCUT2D eigenvalue weighted by Gasteiger charge is -2.31. The van der Waals surface area contributed by atoms with Gasteiger partial charge in [-0.2, -0.15) is 0 Å². The number of hydrogen-bond donors (Lipinski definition) is 0. The Balaban J connectivity index is 2.89. The Morgan fingerprint density at radius 3 is 2.30 bits per heavy atom. The molecular formula is C19H28Si. The number of unbranched alkanes of at least 4 members (excludes halogenated alkanes) is 1. The van der Waals surface area contributed by atoms with Crippen LogP contribution < -0.4 is 0 Å². The van der Waals surface area contributed by atoms with Crippen LogP contribution in [0.5, 0.6) is 0 Å². The van der Waals surface area contributed by atoms with E-state index >= 15 is 0 Å². The molecule has 0 heterocycles. The van der Waals surface area contributed by atoms with Crippen molar-refractivity contribution in [2.45, 2.75) is 71.0 Å². The van der Waals surface area contributed by atoms with Gasteiger partial charge in [-0.05, 0) is 30.7 Å². The van der Waals surface area contributed by atoms with Gasteiger partial charge in [0, 0.05) is 17.6 Å². The summed E-state index contributed by atoms with van der Waals surface area (Å²) >= 11 is 0. The lowest BCUT2D eigenvalue weighted by Crippen LogP contribution is -2.35. The third-order valence-corrected chi connectivity index (χ3v) is 8.83. The van der Waals surface area contributed by atoms with Crippen LogP contribution in [-0.4, -0.2) is 8.07 Å². The van der Waals surface area contributed by atoms with E-state index in [4.69, 9.17) is 0 Å². The molecule has 0 spiro atoms. The molecule has 0 bridgehead atoms. The second-order valence-electron chi connectivity index (χ2n) is 7.06. The molecule has 0 N–H and O–H groups in total. The first-order valence-corrected chi connectivity index (χ1v) is 10.6. The first-order valence-electron chi connectivity index (χ1n) is 7.63. The molecule has 1 heteroatoms. The van der Waals surface area contributed by atoms with Crippen molar-refractivity contribution < 1.29 is 0 Å². The van der Waals surface area contributed by atoms with Crippen LogP contribution in [0.4, 0.5) is 0 Å². The molecule has 0 fully saturated rings. The molecule has 0 unspecified atom stereocenters. The first kappa shape index (κ1) is 16.9. The average Bonchev–Trinajstić information content (AvgIpc) is 2.78.